The van der Waals surface area contributed by atoms with Crippen LogP contribution in [0, 0.1) is 18.6 Å². The van der Waals surface area contributed by atoms with Crippen LogP contribution in [0.2, 0.25) is 0 Å². The Kier molecular flexibility index (Phi) is 4.97. The van der Waals surface area contributed by atoms with Gasteiger partial charge in [-0.1, -0.05) is 18.2 Å². The highest BCUT2D eigenvalue weighted by Gasteiger charge is 2.09. The Morgan fingerprint density at radius 3 is 2.28 bits per heavy atom. The smallest absolute Gasteiger partial charge is 0.159 e. The van der Waals surface area contributed by atoms with Crippen LogP contribution in [0.1, 0.15) is 19.4 Å². The van der Waals surface area contributed by atoms with Crippen molar-refractivity contribution in [3.05, 3.63) is 78.0 Å². The minimum absolute atomic E-state index is 0.316. The molecule has 3 nitrogen and oxygen atoms in total. The van der Waals surface area contributed by atoms with E-state index >= 15 is 0 Å². The molecule has 4 aromatic rings. The van der Waals surface area contributed by atoms with Crippen molar-refractivity contribution >= 4 is 16.7 Å². The number of anilines is 1. The number of aryl methyl sites for hydroxylation is 1. The van der Waals surface area contributed by atoms with Crippen molar-refractivity contribution in [1.82, 2.24) is 9.97 Å². The topological polar surface area (TPSA) is 37.8 Å². The van der Waals surface area contributed by atoms with Gasteiger partial charge in [0.25, 0.3) is 0 Å². The van der Waals surface area contributed by atoms with Gasteiger partial charge in [-0.15, -0.1) is 0 Å². The minimum atomic E-state index is -0.865. The molecule has 0 radical (unpaired) electrons. The third-order valence-corrected chi connectivity index (χ3v) is 4.76. The van der Waals surface area contributed by atoms with E-state index in [2.05, 4.69) is 42.1 Å². The van der Waals surface area contributed by atoms with E-state index in [1.54, 1.807) is 12.3 Å². The first-order chi connectivity index (χ1) is 13.9. The molecule has 5 heteroatoms. The Hall–Kier alpha value is -3.34. The highest BCUT2D eigenvalue weighted by molar-refractivity contribution is 5.88. The number of nitrogens with zero attached hydrogens (tertiary/aromatic N) is 2. The van der Waals surface area contributed by atoms with Crippen molar-refractivity contribution in [3.8, 4) is 22.4 Å². The fourth-order valence-corrected chi connectivity index (χ4v) is 3.33. The third kappa shape index (κ3) is 3.94. The molecule has 0 aliphatic rings. The summed E-state index contributed by atoms with van der Waals surface area (Å²) in [5.74, 6) is -0.854. The number of rotatable bonds is 4. The van der Waals surface area contributed by atoms with Crippen LogP contribution in [-0.4, -0.2) is 16.0 Å². The van der Waals surface area contributed by atoms with E-state index < -0.39 is 11.6 Å². The molecule has 4 rings (SSSR count). The molecular formula is C24H21F2N3. The molecule has 0 atom stereocenters. The molecule has 0 saturated carbocycles. The van der Waals surface area contributed by atoms with Crippen LogP contribution < -0.4 is 5.32 Å². The summed E-state index contributed by atoms with van der Waals surface area (Å²) in [6, 6.07) is 16.0. The van der Waals surface area contributed by atoms with Crippen LogP contribution in [0.15, 0.2) is 60.8 Å². The summed E-state index contributed by atoms with van der Waals surface area (Å²) >= 11 is 0. The van der Waals surface area contributed by atoms with Gasteiger partial charge in [-0.2, -0.15) is 0 Å². The average Bonchev–Trinajstić information content (AvgIpc) is 2.69. The van der Waals surface area contributed by atoms with Crippen molar-refractivity contribution in [1.29, 1.82) is 0 Å². The summed E-state index contributed by atoms with van der Waals surface area (Å²) in [5.41, 5.74) is 5.17. The Morgan fingerprint density at radius 2 is 1.59 bits per heavy atom. The molecule has 0 aliphatic carbocycles. The molecule has 0 unspecified atom stereocenters. The van der Waals surface area contributed by atoms with Gasteiger partial charge in [0.15, 0.2) is 11.6 Å². The van der Waals surface area contributed by atoms with Gasteiger partial charge in [0.05, 0.1) is 11.2 Å². The summed E-state index contributed by atoms with van der Waals surface area (Å²) in [6.45, 7) is 6.23. The fourth-order valence-electron chi connectivity index (χ4n) is 3.33. The maximum Gasteiger partial charge on any atom is 0.159 e. The van der Waals surface area contributed by atoms with Gasteiger partial charge in [-0.05, 0) is 68.3 Å². The van der Waals surface area contributed by atoms with Crippen LogP contribution >= 0.6 is 0 Å². The zero-order valence-electron chi connectivity index (χ0n) is 16.5. The molecule has 2 aromatic heterocycles. The number of benzene rings is 2. The van der Waals surface area contributed by atoms with Gasteiger partial charge in [0.1, 0.15) is 5.82 Å². The lowest BCUT2D eigenvalue weighted by molar-refractivity contribution is 0.509. The summed E-state index contributed by atoms with van der Waals surface area (Å²) in [6.07, 6.45) is 1.67. The maximum absolute atomic E-state index is 13.5. The third-order valence-electron chi connectivity index (χ3n) is 4.76. The Balaban J connectivity index is 1.67. The van der Waals surface area contributed by atoms with Crippen LogP contribution in [0.25, 0.3) is 33.3 Å². The number of fused-ring (bicyclic) bond motifs is 1. The highest BCUT2D eigenvalue weighted by atomic mass is 19.2. The number of pyridine rings is 2. The zero-order valence-corrected chi connectivity index (χ0v) is 16.5. The molecule has 2 heterocycles. The van der Waals surface area contributed by atoms with E-state index in [0.717, 1.165) is 45.2 Å². The van der Waals surface area contributed by atoms with E-state index in [-0.39, 0.29) is 0 Å². The maximum atomic E-state index is 13.5. The SMILES string of the molecule is Cc1cc(NC(C)C)nc2ccc(-c3ccc(-c4ccc(F)c(F)c4)cn3)cc12. The largest absolute Gasteiger partial charge is 0.368 e. The number of hydrogen-bond acceptors (Lipinski definition) is 3. The predicted octanol–water partition coefficient (Wildman–Crippen LogP) is 6.37. The first-order valence-electron chi connectivity index (χ1n) is 9.50. The first-order valence-corrected chi connectivity index (χ1v) is 9.50. The van der Waals surface area contributed by atoms with Gasteiger partial charge < -0.3 is 5.32 Å². The lowest BCUT2D eigenvalue weighted by Crippen LogP contribution is -2.11. The minimum Gasteiger partial charge on any atom is -0.368 e. The molecule has 0 spiro atoms. The molecule has 146 valence electrons. The summed E-state index contributed by atoms with van der Waals surface area (Å²) in [5, 5.41) is 4.41. The fraction of sp³-hybridized carbons (Fsp3) is 0.167. The van der Waals surface area contributed by atoms with Gasteiger partial charge in [-0.3, -0.25) is 4.98 Å². The summed E-state index contributed by atoms with van der Waals surface area (Å²) < 4.78 is 26.6. The molecule has 0 amide bonds. The molecular weight excluding hydrogens is 368 g/mol. The molecule has 0 saturated heterocycles. The van der Waals surface area contributed by atoms with E-state index in [0.29, 0.717) is 11.6 Å². The Morgan fingerprint density at radius 1 is 0.828 bits per heavy atom. The quantitative estimate of drug-likeness (QED) is 0.441. The van der Waals surface area contributed by atoms with Gasteiger partial charge in [-0.25, -0.2) is 13.8 Å². The Bertz CT molecular complexity index is 1180. The summed E-state index contributed by atoms with van der Waals surface area (Å²) in [7, 11) is 0. The first kappa shape index (κ1) is 19.0. The lowest BCUT2D eigenvalue weighted by Gasteiger charge is -2.12. The normalized spacial score (nSPS) is 11.2. The van der Waals surface area contributed by atoms with E-state index in [1.807, 2.05) is 30.3 Å². The number of hydrogen-bond donors (Lipinski definition) is 1. The molecule has 0 fully saturated rings. The number of halogens is 2. The van der Waals surface area contributed by atoms with E-state index in [9.17, 15) is 8.78 Å². The lowest BCUT2D eigenvalue weighted by atomic mass is 10.0. The highest BCUT2D eigenvalue weighted by Crippen LogP contribution is 2.28. The van der Waals surface area contributed by atoms with Gasteiger partial charge in [0, 0.05) is 28.8 Å². The monoisotopic (exact) mass is 389 g/mol. The zero-order chi connectivity index (χ0) is 20.5. The van der Waals surface area contributed by atoms with Gasteiger partial charge >= 0.3 is 0 Å². The number of aromatic nitrogens is 2. The molecule has 2 aromatic carbocycles. The molecule has 0 bridgehead atoms. The molecule has 29 heavy (non-hydrogen) atoms. The Labute approximate surface area is 168 Å². The standard InChI is InChI=1S/C24H21F2N3/c1-14(2)28-24-10-15(3)19-11-17(5-9-23(19)29-24)22-8-6-18(13-27-22)16-4-7-20(25)21(26)12-16/h4-14H,1-3H3,(H,28,29). The van der Waals surface area contributed by atoms with E-state index in [1.165, 1.54) is 6.07 Å². The second-order valence-corrected chi connectivity index (χ2v) is 7.42. The van der Waals surface area contributed by atoms with Crippen LogP contribution in [-0.2, 0) is 0 Å². The van der Waals surface area contributed by atoms with E-state index in [4.69, 9.17) is 0 Å². The van der Waals surface area contributed by atoms with Crippen LogP contribution in [0.4, 0.5) is 14.6 Å². The summed E-state index contributed by atoms with van der Waals surface area (Å²) in [4.78, 5) is 9.20. The van der Waals surface area contributed by atoms with Crippen LogP contribution in [0.5, 0.6) is 0 Å². The van der Waals surface area contributed by atoms with Crippen molar-refractivity contribution in [2.45, 2.75) is 26.8 Å². The van der Waals surface area contributed by atoms with Crippen LogP contribution in [0.3, 0.4) is 0 Å². The average molecular weight is 389 g/mol. The second-order valence-electron chi connectivity index (χ2n) is 7.42. The van der Waals surface area contributed by atoms with Crippen molar-refractivity contribution in [2.24, 2.45) is 0 Å². The van der Waals surface area contributed by atoms with Crippen molar-refractivity contribution in [2.75, 3.05) is 5.32 Å². The predicted molar refractivity (Wildman–Crippen MR) is 114 cm³/mol. The second kappa shape index (κ2) is 7.59. The molecule has 0 aliphatic heterocycles. The number of nitrogens with one attached hydrogen (secondary N) is 1. The van der Waals surface area contributed by atoms with Gasteiger partial charge in [0.2, 0.25) is 0 Å². The van der Waals surface area contributed by atoms with Crippen molar-refractivity contribution < 1.29 is 8.78 Å². The van der Waals surface area contributed by atoms with Crippen molar-refractivity contribution in [3.63, 3.8) is 0 Å². The molecule has 1 N–H and O–H groups in total.